The van der Waals surface area contributed by atoms with Crippen LogP contribution in [0.5, 0.6) is 0 Å². The van der Waals surface area contributed by atoms with Gasteiger partial charge in [-0.05, 0) is 75.3 Å². The van der Waals surface area contributed by atoms with Crippen LogP contribution in [-0.4, -0.2) is 17.1 Å². The van der Waals surface area contributed by atoms with E-state index in [0.717, 1.165) is 19.3 Å². The van der Waals surface area contributed by atoms with Gasteiger partial charge in [-0.2, -0.15) is 0 Å². The van der Waals surface area contributed by atoms with Crippen LogP contribution in [0.3, 0.4) is 0 Å². The van der Waals surface area contributed by atoms with Gasteiger partial charge in [0.2, 0.25) is 5.91 Å². The number of benzene rings is 1. The first-order valence-corrected chi connectivity index (χ1v) is 11.1. The molecule has 2 aromatic rings. The van der Waals surface area contributed by atoms with Crippen molar-refractivity contribution in [3.05, 3.63) is 34.0 Å². The molecule has 4 saturated carbocycles. The van der Waals surface area contributed by atoms with Crippen LogP contribution in [0, 0.1) is 30.1 Å². The number of urea groups is 1. The fourth-order valence-electron chi connectivity index (χ4n) is 6.18. The maximum absolute atomic E-state index is 13.1. The minimum Gasteiger partial charge on any atom is -0.359 e. The molecular weight excluding hydrogens is 425 g/mol. The second-order valence-corrected chi connectivity index (χ2v) is 9.98. The zero-order chi connectivity index (χ0) is 21.0. The third-order valence-corrected chi connectivity index (χ3v) is 7.68. The minimum absolute atomic E-state index is 0.162. The van der Waals surface area contributed by atoms with E-state index < -0.39 is 11.4 Å². The molecule has 3 amide bonds. The Balaban J connectivity index is 1.35. The van der Waals surface area contributed by atoms with Crippen LogP contribution in [0.1, 0.15) is 44.3 Å². The highest BCUT2D eigenvalue weighted by molar-refractivity contribution is 6.39. The van der Waals surface area contributed by atoms with E-state index in [1.165, 1.54) is 19.3 Å². The molecule has 8 heteroatoms. The van der Waals surface area contributed by atoms with E-state index >= 15 is 0 Å². The zero-order valence-electron chi connectivity index (χ0n) is 16.6. The molecular formula is C22H23Cl2N3O3. The summed E-state index contributed by atoms with van der Waals surface area (Å²) < 4.78 is 5.27. The average molecular weight is 448 g/mol. The fraction of sp³-hybridized carbons (Fsp3) is 0.500. The number of hydrogen-bond donors (Lipinski definition) is 2. The molecule has 4 bridgehead atoms. The van der Waals surface area contributed by atoms with Gasteiger partial charge in [-0.1, -0.05) is 34.4 Å². The molecule has 158 valence electrons. The summed E-state index contributed by atoms with van der Waals surface area (Å²) in [7, 11) is 0. The molecule has 0 unspecified atom stereocenters. The van der Waals surface area contributed by atoms with Gasteiger partial charge >= 0.3 is 6.03 Å². The summed E-state index contributed by atoms with van der Waals surface area (Å²) in [5.74, 6) is 2.11. The summed E-state index contributed by atoms with van der Waals surface area (Å²) >= 11 is 12.6. The number of imide groups is 1. The number of halogens is 2. The zero-order valence-corrected chi connectivity index (χ0v) is 18.1. The van der Waals surface area contributed by atoms with Gasteiger partial charge < -0.3 is 9.84 Å². The number of amides is 3. The quantitative estimate of drug-likeness (QED) is 0.620. The second-order valence-electron chi connectivity index (χ2n) is 9.17. The van der Waals surface area contributed by atoms with Gasteiger partial charge in [0.15, 0.2) is 5.76 Å². The Morgan fingerprint density at radius 2 is 1.63 bits per heavy atom. The smallest absolute Gasteiger partial charge is 0.326 e. The Morgan fingerprint density at radius 1 is 1.07 bits per heavy atom. The first kappa shape index (κ1) is 19.9. The van der Waals surface area contributed by atoms with E-state index in [4.69, 9.17) is 27.7 Å². The Bertz CT molecular complexity index is 977. The van der Waals surface area contributed by atoms with Gasteiger partial charge in [0, 0.05) is 5.56 Å². The number of aromatic nitrogens is 1. The minimum atomic E-state index is -0.591. The summed E-state index contributed by atoms with van der Waals surface area (Å²) in [6.45, 7) is 1.68. The number of aryl methyl sites for hydroxylation is 1. The monoisotopic (exact) mass is 447 g/mol. The van der Waals surface area contributed by atoms with E-state index in [-0.39, 0.29) is 5.91 Å². The Labute approximate surface area is 184 Å². The van der Waals surface area contributed by atoms with E-state index in [1.54, 1.807) is 25.1 Å². The summed E-state index contributed by atoms with van der Waals surface area (Å²) in [6.07, 6.45) is 6.39. The van der Waals surface area contributed by atoms with Crippen LogP contribution in [0.4, 0.5) is 10.5 Å². The van der Waals surface area contributed by atoms with Crippen LogP contribution in [0.2, 0.25) is 10.0 Å². The number of nitrogens with zero attached hydrogens (tertiary/aromatic N) is 1. The standard InChI is InChI=1S/C22H23Cl2N3O3/c1-11-18(19(27-30-11)17-15(23)3-2-4-16(17)24)25-21(29)26-20(28)22-8-12-5-13(9-22)7-14(6-12)10-22/h2-4,12-14H,5-10H2,1H3,(H2,25,26,28,29). The fourth-order valence-corrected chi connectivity index (χ4v) is 6.76. The van der Waals surface area contributed by atoms with Gasteiger partial charge in [0.25, 0.3) is 0 Å². The molecule has 1 heterocycles. The average Bonchev–Trinajstić information content (AvgIpc) is 3.01. The van der Waals surface area contributed by atoms with Crippen LogP contribution >= 0.6 is 23.2 Å². The van der Waals surface area contributed by atoms with Gasteiger partial charge in [-0.25, -0.2) is 4.79 Å². The first-order chi connectivity index (χ1) is 14.3. The Hall–Kier alpha value is -2.05. The number of hydrogen-bond acceptors (Lipinski definition) is 4. The van der Waals surface area contributed by atoms with E-state index in [2.05, 4.69) is 15.8 Å². The van der Waals surface area contributed by atoms with Gasteiger partial charge in [0.1, 0.15) is 11.4 Å². The lowest BCUT2D eigenvalue weighted by Gasteiger charge is -2.55. The van der Waals surface area contributed by atoms with Crippen LogP contribution in [0.25, 0.3) is 11.3 Å². The molecule has 30 heavy (non-hydrogen) atoms. The Kier molecular flexibility index (Phi) is 4.82. The summed E-state index contributed by atoms with van der Waals surface area (Å²) in [5.41, 5.74) is 0.756. The van der Waals surface area contributed by atoms with Crippen molar-refractivity contribution in [2.75, 3.05) is 5.32 Å². The first-order valence-electron chi connectivity index (χ1n) is 10.4. The van der Waals surface area contributed by atoms with Crippen molar-refractivity contribution in [1.29, 1.82) is 0 Å². The van der Waals surface area contributed by atoms with E-state index in [9.17, 15) is 9.59 Å². The van der Waals surface area contributed by atoms with Gasteiger partial charge in [-0.3, -0.25) is 10.1 Å². The lowest BCUT2D eigenvalue weighted by Crippen LogP contribution is -2.55. The van der Waals surface area contributed by atoms with Crippen LogP contribution < -0.4 is 10.6 Å². The normalized spacial score (nSPS) is 29.1. The van der Waals surface area contributed by atoms with Crippen LogP contribution in [0.15, 0.2) is 22.7 Å². The number of nitrogens with one attached hydrogen (secondary N) is 2. The highest BCUT2D eigenvalue weighted by Crippen LogP contribution is 2.60. The molecule has 0 atom stereocenters. The van der Waals surface area contributed by atoms with Crippen molar-refractivity contribution in [2.24, 2.45) is 23.2 Å². The number of carbonyl (C=O) groups is 2. The maximum Gasteiger partial charge on any atom is 0.326 e. The van der Waals surface area contributed by atoms with E-state index in [1.807, 2.05) is 0 Å². The molecule has 4 aliphatic rings. The highest BCUT2D eigenvalue weighted by atomic mass is 35.5. The van der Waals surface area contributed by atoms with Crippen LogP contribution in [-0.2, 0) is 4.79 Å². The molecule has 2 N–H and O–H groups in total. The highest BCUT2D eigenvalue weighted by Gasteiger charge is 2.54. The predicted octanol–water partition coefficient (Wildman–Crippen LogP) is 5.82. The number of rotatable bonds is 3. The van der Waals surface area contributed by atoms with Crippen molar-refractivity contribution in [1.82, 2.24) is 10.5 Å². The van der Waals surface area contributed by atoms with Crippen molar-refractivity contribution >= 4 is 40.8 Å². The molecule has 1 aromatic carbocycles. The topological polar surface area (TPSA) is 84.2 Å². The SMILES string of the molecule is Cc1onc(-c2c(Cl)cccc2Cl)c1NC(=O)NC(=O)C12CC3CC(CC(C3)C1)C2. The second kappa shape index (κ2) is 7.27. The van der Waals surface area contributed by atoms with Crippen molar-refractivity contribution in [3.63, 3.8) is 0 Å². The van der Waals surface area contributed by atoms with Gasteiger partial charge in [0.05, 0.1) is 15.5 Å². The van der Waals surface area contributed by atoms with Crippen molar-refractivity contribution in [2.45, 2.75) is 45.4 Å². The third kappa shape index (κ3) is 3.30. The third-order valence-electron chi connectivity index (χ3n) is 7.05. The predicted molar refractivity (Wildman–Crippen MR) is 114 cm³/mol. The molecule has 1 aromatic heterocycles. The molecule has 6 rings (SSSR count). The van der Waals surface area contributed by atoms with Crippen molar-refractivity contribution < 1.29 is 14.1 Å². The molecule has 6 nitrogen and oxygen atoms in total. The summed E-state index contributed by atoms with van der Waals surface area (Å²) in [5, 5.41) is 10.1. The lowest BCUT2D eigenvalue weighted by molar-refractivity contribution is -0.144. The number of anilines is 1. The molecule has 0 saturated heterocycles. The Morgan fingerprint density at radius 3 is 2.20 bits per heavy atom. The molecule has 0 spiro atoms. The van der Waals surface area contributed by atoms with E-state index in [0.29, 0.717) is 50.5 Å². The molecule has 0 aliphatic heterocycles. The largest absolute Gasteiger partial charge is 0.359 e. The van der Waals surface area contributed by atoms with Gasteiger partial charge in [-0.15, -0.1) is 0 Å². The molecule has 0 radical (unpaired) electrons. The maximum atomic E-state index is 13.1. The lowest BCUT2D eigenvalue weighted by atomic mass is 9.49. The summed E-state index contributed by atoms with van der Waals surface area (Å²) in [6, 6.07) is 4.51. The molecule has 4 fully saturated rings. The number of carbonyl (C=O) groups excluding carboxylic acids is 2. The molecule has 4 aliphatic carbocycles. The van der Waals surface area contributed by atoms with Crippen molar-refractivity contribution in [3.8, 4) is 11.3 Å². The summed E-state index contributed by atoms with van der Waals surface area (Å²) in [4.78, 5) is 25.9.